The van der Waals surface area contributed by atoms with Crippen molar-refractivity contribution in [2.24, 2.45) is 0 Å². The highest BCUT2D eigenvalue weighted by Gasteiger charge is 2.16. The second-order valence-electron chi connectivity index (χ2n) is 6.92. The topological polar surface area (TPSA) is 43.6 Å². The average molecular weight is 475 g/mol. The fraction of sp³-hybridized carbons (Fsp3) is 0.318. The molecule has 0 saturated heterocycles. The molecule has 1 aromatic carbocycles. The Bertz CT molecular complexity index is 1120. The summed E-state index contributed by atoms with van der Waals surface area (Å²) >= 11 is 11.4. The molecule has 0 aliphatic heterocycles. The first-order valence-corrected chi connectivity index (χ1v) is 13.1. The number of aromatic nitrogens is 4. The van der Waals surface area contributed by atoms with Gasteiger partial charge in [-0.05, 0) is 25.0 Å². The Kier molecular flexibility index (Phi) is 7.25. The molecular formula is C22H23ClN4S3. The van der Waals surface area contributed by atoms with Gasteiger partial charge in [0.1, 0.15) is 5.01 Å². The molecule has 0 amide bonds. The summed E-state index contributed by atoms with van der Waals surface area (Å²) in [5, 5.41) is 15.9. The first-order chi connectivity index (χ1) is 14.7. The van der Waals surface area contributed by atoms with E-state index in [2.05, 4.69) is 45.4 Å². The smallest absolute Gasteiger partial charge is 0.191 e. The molecule has 3 aromatic heterocycles. The van der Waals surface area contributed by atoms with Gasteiger partial charge in [-0.25, -0.2) is 4.98 Å². The van der Waals surface area contributed by atoms with Crippen LogP contribution in [0.15, 0.2) is 46.2 Å². The molecule has 30 heavy (non-hydrogen) atoms. The lowest BCUT2D eigenvalue weighted by Gasteiger charge is -2.07. The number of thioether (sulfide) groups is 1. The van der Waals surface area contributed by atoms with E-state index in [1.807, 2.05) is 35.6 Å². The number of nitrogens with zero attached hydrogens (tertiary/aromatic N) is 4. The normalized spacial score (nSPS) is 11.3. The second-order valence-corrected chi connectivity index (χ2v) is 10.1. The largest absolute Gasteiger partial charge is 0.302 e. The number of halogens is 1. The van der Waals surface area contributed by atoms with Crippen molar-refractivity contribution in [3.05, 3.63) is 56.7 Å². The van der Waals surface area contributed by atoms with Gasteiger partial charge in [-0.1, -0.05) is 61.8 Å². The number of benzene rings is 1. The average Bonchev–Trinajstić information content (AvgIpc) is 3.48. The molecule has 0 radical (unpaired) electrons. The predicted molar refractivity (Wildman–Crippen MR) is 130 cm³/mol. The molecule has 0 atom stereocenters. The molecule has 0 aliphatic carbocycles. The predicted octanol–water partition coefficient (Wildman–Crippen LogP) is 7.44. The van der Waals surface area contributed by atoms with Crippen LogP contribution >= 0.6 is 46.0 Å². The molecule has 4 nitrogen and oxygen atoms in total. The van der Waals surface area contributed by atoms with Crippen LogP contribution in [0.25, 0.3) is 22.0 Å². The van der Waals surface area contributed by atoms with Crippen LogP contribution in [-0.2, 0) is 18.7 Å². The molecule has 3 heterocycles. The Morgan fingerprint density at radius 2 is 1.93 bits per heavy atom. The molecule has 0 N–H and O–H groups in total. The molecule has 8 heteroatoms. The first kappa shape index (κ1) is 21.6. The van der Waals surface area contributed by atoms with Crippen molar-refractivity contribution in [2.75, 3.05) is 0 Å². The van der Waals surface area contributed by atoms with Gasteiger partial charge in [0.05, 0.1) is 10.7 Å². The molecule has 156 valence electrons. The fourth-order valence-corrected chi connectivity index (χ4v) is 6.25. The molecular weight excluding hydrogens is 452 g/mol. The maximum absolute atomic E-state index is 6.32. The van der Waals surface area contributed by atoms with Gasteiger partial charge in [0.25, 0.3) is 0 Å². The molecule has 0 bridgehead atoms. The number of hydrogen-bond acceptors (Lipinski definition) is 6. The van der Waals surface area contributed by atoms with E-state index >= 15 is 0 Å². The minimum Gasteiger partial charge on any atom is -0.302 e. The third-order valence-electron chi connectivity index (χ3n) is 4.58. The van der Waals surface area contributed by atoms with Crippen molar-refractivity contribution in [3.63, 3.8) is 0 Å². The number of hydrogen-bond donors (Lipinski definition) is 0. The SMILES string of the molecule is CCCc1cc(-c2nnc(SCc3csc(-c4ccccc4Cl)n3)n2CCC)cs1. The number of thiophene rings is 1. The molecule has 0 saturated carbocycles. The van der Waals surface area contributed by atoms with Crippen LogP contribution in [0.4, 0.5) is 0 Å². The van der Waals surface area contributed by atoms with Crippen LogP contribution in [0.3, 0.4) is 0 Å². The Balaban J connectivity index is 1.51. The fourth-order valence-electron chi connectivity index (χ4n) is 3.18. The van der Waals surface area contributed by atoms with Crippen molar-refractivity contribution in [3.8, 4) is 22.0 Å². The lowest BCUT2D eigenvalue weighted by Crippen LogP contribution is -2.01. The summed E-state index contributed by atoms with van der Waals surface area (Å²) in [7, 11) is 0. The van der Waals surface area contributed by atoms with Gasteiger partial charge >= 0.3 is 0 Å². The lowest BCUT2D eigenvalue weighted by molar-refractivity contribution is 0.626. The zero-order valence-electron chi connectivity index (χ0n) is 17.0. The molecule has 4 rings (SSSR count). The summed E-state index contributed by atoms with van der Waals surface area (Å²) < 4.78 is 2.24. The quantitative estimate of drug-likeness (QED) is 0.236. The van der Waals surface area contributed by atoms with E-state index in [0.717, 1.165) is 63.8 Å². The molecule has 0 unspecified atom stereocenters. The summed E-state index contributed by atoms with van der Waals surface area (Å²) in [5.74, 6) is 1.72. The van der Waals surface area contributed by atoms with Gasteiger partial charge in [0, 0.05) is 39.1 Å². The van der Waals surface area contributed by atoms with Crippen molar-refractivity contribution >= 4 is 46.0 Å². The lowest BCUT2D eigenvalue weighted by atomic mass is 10.2. The van der Waals surface area contributed by atoms with E-state index in [1.54, 1.807) is 23.1 Å². The van der Waals surface area contributed by atoms with E-state index in [0.29, 0.717) is 0 Å². The van der Waals surface area contributed by atoms with Crippen LogP contribution in [0.5, 0.6) is 0 Å². The van der Waals surface area contributed by atoms with Gasteiger partial charge in [-0.3, -0.25) is 0 Å². The molecule has 0 fully saturated rings. The minimum absolute atomic E-state index is 0.733. The van der Waals surface area contributed by atoms with Gasteiger partial charge in [-0.2, -0.15) is 0 Å². The van der Waals surface area contributed by atoms with Crippen molar-refractivity contribution < 1.29 is 0 Å². The maximum Gasteiger partial charge on any atom is 0.191 e. The third kappa shape index (κ3) is 4.80. The van der Waals surface area contributed by atoms with Gasteiger partial charge in [0.2, 0.25) is 0 Å². The summed E-state index contributed by atoms with van der Waals surface area (Å²) in [4.78, 5) is 6.18. The van der Waals surface area contributed by atoms with Crippen molar-refractivity contribution in [2.45, 2.75) is 50.6 Å². The highest BCUT2D eigenvalue weighted by molar-refractivity contribution is 7.98. The Hall–Kier alpha value is -1.67. The van der Waals surface area contributed by atoms with Crippen LogP contribution in [0.1, 0.15) is 37.3 Å². The van der Waals surface area contributed by atoms with E-state index in [-0.39, 0.29) is 0 Å². The van der Waals surface area contributed by atoms with Crippen LogP contribution < -0.4 is 0 Å². The van der Waals surface area contributed by atoms with Gasteiger partial charge in [-0.15, -0.1) is 32.9 Å². The second kappa shape index (κ2) is 10.1. The van der Waals surface area contributed by atoms with E-state index < -0.39 is 0 Å². The number of thiazole rings is 1. The maximum atomic E-state index is 6.32. The first-order valence-electron chi connectivity index (χ1n) is 10.0. The van der Waals surface area contributed by atoms with Gasteiger partial charge < -0.3 is 4.57 Å². The standard InChI is InChI=1S/C22H23ClN4S3/c1-3-7-17-11-15(12-28-17)20-25-26-22(27(20)10-4-2)30-14-16-13-29-21(24-16)18-8-5-6-9-19(18)23/h5-6,8-9,11-13H,3-4,7,10,14H2,1-2H3. The van der Waals surface area contributed by atoms with E-state index in [1.165, 1.54) is 10.4 Å². The van der Waals surface area contributed by atoms with Crippen LogP contribution in [0, 0.1) is 0 Å². The summed E-state index contributed by atoms with van der Waals surface area (Å²) in [5.41, 5.74) is 3.19. The highest BCUT2D eigenvalue weighted by Crippen LogP contribution is 2.33. The van der Waals surface area contributed by atoms with Crippen LogP contribution in [-0.4, -0.2) is 19.7 Å². The summed E-state index contributed by atoms with van der Waals surface area (Å²) in [6.45, 7) is 5.31. The number of rotatable bonds is 9. The zero-order chi connectivity index (χ0) is 20.9. The van der Waals surface area contributed by atoms with Crippen molar-refractivity contribution in [1.29, 1.82) is 0 Å². The number of aryl methyl sites for hydroxylation is 1. The Morgan fingerprint density at radius 3 is 2.73 bits per heavy atom. The molecule has 0 spiro atoms. The zero-order valence-corrected chi connectivity index (χ0v) is 20.2. The summed E-state index contributed by atoms with van der Waals surface area (Å²) in [6, 6.07) is 10.1. The van der Waals surface area contributed by atoms with E-state index in [4.69, 9.17) is 16.6 Å². The van der Waals surface area contributed by atoms with E-state index in [9.17, 15) is 0 Å². The molecule has 0 aliphatic rings. The van der Waals surface area contributed by atoms with Gasteiger partial charge in [0.15, 0.2) is 11.0 Å². The van der Waals surface area contributed by atoms with Crippen molar-refractivity contribution in [1.82, 2.24) is 19.7 Å². The molecule has 4 aromatic rings. The highest BCUT2D eigenvalue weighted by atomic mass is 35.5. The van der Waals surface area contributed by atoms with Crippen LogP contribution in [0.2, 0.25) is 5.02 Å². The third-order valence-corrected chi connectivity index (χ3v) is 7.83. The Morgan fingerprint density at radius 1 is 1.07 bits per heavy atom. The summed E-state index contributed by atoms with van der Waals surface area (Å²) in [6.07, 6.45) is 3.32. The Labute approximate surface area is 194 Å². The monoisotopic (exact) mass is 474 g/mol. The minimum atomic E-state index is 0.733.